The van der Waals surface area contributed by atoms with Gasteiger partial charge in [-0.1, -0.05) is 12.1 Å². The summed E-state index contributed by atoms with van der Waals surface area (Å²) in [4.78, 5) is 34.5. The van der Waals surface area contributed by atoms with Gasteiger partial charge in [0.2, 0.25) is 0 Å². The van der Waals surface area contributed by atoms with E-state index in [1.54, 1.807) is 30.5 Å². The number of nitrogens with one attached hydrogen (secondary N) is 1. The maximum absolute atomic E-state index is 13.1. The van der Waals surface area contributed by atoms with Crippen LogP contribution in [0.5, 0.6) is 0 Å². The van der Waals surface area contributed by atoms with Crippen molar-refractivity contribution in [1.29, 1.82) is 0 Å². The Morgan fingerprint density at radius 1 is 0.829 bits per heavy atom. The van der Waals surface area contributed by atoms with E-state index in [-0.39, 0.29) is 16.7 Å². The van der Waals surface area contributed by atoms with Gasteiger partial charge in [0, 0.05) is 22.9 Å². The predicted molar refractivity (Wildman–Crippen MR) is 124 cm³/mol. The number of carboxylic acids is 2. The normalized spacial score (nSPS) is 10.9. The average molecular weight is 472 g/mol. The first kappa shape index (κ1) is 23.1. The van der Waals surface area contributed by atoms with Crippen LogP contribution in [-0.4, -0.2) is 44.1 Å². The molecule has 4 rings (SSSR count). The number of halogens is 1. The van der Waals surface area contributed by atoms with Crippen LogP contribution in [0.15, 0.2) is 84.1 Å². The number of benzene rings is 3. The topological polar surface area (TPSA) is 134 Å². The summed E-state index contributed by atoms with van der Waals surface area (Å²) in [5.41, 5.74) is 4.94. The molecule has 35 heavy (non-hydrogen) atoms. The second-order valence-corrected chi connectivity index (χ2v) is 7.32. The van der Waals surface area contributed by atoms with Crippen molar-refractivity contribution in [3.05, 3.63) is 107 Å². The number of amides is 1. The Hall–Kier alpha value is -5.12. The van der Waals surface area contributed by atoms with Crippen LogP contribution in [0.4, 0.5) is 4.39 Å². The van der Waals surface area contributed by atoms with E-state index in [0.717, 1.165) is 12.1 Å². The lowest BCUT2D eigenvalue weighted by atomic mass is 10.1. The molecule has 0 atom stereocenters. The summed E-state index contributed by atoms with van der Waals surface area (Å²) in [6.07, 6.45) is 3.00. The minimum atomic E-state index is -1.06. The largest absolute Gasteiger partial charge is 0.478 e. The molecule has 0 fully saturated rings. The van der Waals surface area contributed by atoms with E-state index in [1.165, 1.54) is 47.3 Å². The number of hydrogen-bond donors (Lipinski definition) is 3. The van der Waals surface area contributed by atoms with Gasteiger partial charge in [-0.05, 0) is 60.7 Å². The molecule has 0 saturated heterocycles. The fraction of sp³-hybridized carbons (Fsp3) is 0. The molecule has 0 spiro atoms. The van der Waals surface area contributed by atoms with Crippen molar-refractivity contribution in [2.75, 3.05) is 0 Å². The van der Waals surface area contributed by atoms with Gasteiger partial charge in [-0.25, -0.2) is 24.1 Å². The Kier molecular flexibility index (Phi) is 6.45. The summed E-state index contributed by atoms with van der Waals surface area (Å²) in [5, 5.41) is 26.8. The van der Waals surface area contributed by atoms with Gasteiger partial charge in [-0.2, -0.15) is 10.2 Å². The zero-order valence-corrected chi connectivity index (χ0v) is 17.9. The van der Waals surface area contributed by atoms with Crippen molar-refractivity contribution < 1.29 is 29.0 Å². The van der Waals surface area contributed by atoms with E-state index < -0.39 is 23.7 Å². The summed E-state index contributed by atoms with van der Waals surface area (Å²) < 4.78 is 14.6. The summed E-state index contributed by atoms with van der Waals surface area (Å²) in [5.74, 6) is -3.12. The van der Waals surface area contributed by atoms with Crippen LogP contribution in [0.2, 0.25) is 0 Å². The molecule has 0 radical (unpaired) electrons. The summed E-state index contributed by atoms with van der Waals surface area (Å²) in [7, 11) is 0. The predicted octanol–water partition coefficient (Wildman–Crippen LogP) is 3.84. The molecule has 0 saturated carbocycles. The van der Waals surface area contributed by atoms with Crippen molar-refractivity contribution in [3.8, 4) is 16.9 Å². The Morgan fingerprint density at radius 2 is 1.37 bits per heavy atom. The smallest absolute Gasteiger partial charge is 0.335 e. The van der Waals surface area contributed by atoms with E-state index in [0.29, 0.717) is 22.5 Å². The highest BCUT2D eigenvalue weighted by Crippen LogP contribution is 2.23. The third kappa shape index (κ3) is 5.28. The summed E-state index contributed by atoms with van der Waals surface area (Å²) >= 11 is 0. The van der Waals surface area contributed by atoms with E-state index in [9.17, 15) is 18.8 Å². The van der Waals surface area contributed by atoms with E-state index in [4.69, 9.17) is 10.2 Å². The highest BCUT2D eigenvalue weighted by Gasteiger charge is 2.13. The number of carbonyl (C=O) groups is 3. The van der Waals surface area contributed by atoms with Crippen LogP contribution in [0.3, 0.4) is 0 Å². The minimum Gasteiger partial charge on any atom is -0.478 e. The van der Waals surface area contributed by atoms with Gasteiger partial charge in [0.05, 0.1) is 23.0 Å². The maximum Gasteiger partial charge on any atom is 0.335 e. The van der Waals surface area contributed by atoms with Gasteiger partial charge in [0.15, 0.2) is 0 Å². The van der Waals surface area contributed by atoms with Crippen molar-refractivity contribution >= 4 is 24.1 Å². The zero-order chi connectivity index (χ0) is 24.9. The van der Waals surface area contributed by atoms with E-state index >= 15 is 0 Å². The first-order chi connectivity index (χ1) is 16.8. The Morgan fingerprint density at radius 3 is 1.94 bits per heavy atom. The van der Waals surface area contributed by atoms with Crippen LogP contribution in [-0.2, 0) is 0 Å². The van der Waals surface area contributed by atoms with Crippen molar-refractivity contribution in [3.63, 3.8) is 0 Å². The number of hydrazone groups is 1. The monoisotopic (exact) mass is 472 g/mol. The van der Waals surface area contributed by atoms with Crippen molar-refractivity contribution in [2.24, 2.45) is 5.10 Å². The molecule has 3 N–H and O–H groups in total. The molecule has 9 nitrogen and oxygen atoms in total. The molecule has 4 aromatic rings. The molecule has 174 valence electrons. The maximum atomic E-state index is 13.1. The molecular weight excluding hydrogens is 455 g/mol. The molecule has 1 heterocycles. The fourth-order valence-electron chi connectivity index (χ4n) is 3.19. The number of aromatic nitrogens is 2. The molecule has 0 unspecified atom stereocenters. The Labute approximate surface area is 197 Å². The van der Waals surface area contributed by atoms with Crippen LogP contribution in [0.25, 0.3) is 16.9 Å². The molecule has 3 aromatic carbocycles. The number of nitrogens with zero attached hydrogens (tertiary/aromatic N) is 3. The number of carboxylic acid groups (broad SMARTS) is 2. The van der Waals surface area contributed by atoms with E-state index in [2.05, 4.69) is 15.6 Å². The first-order valence-corrected chi connectivity index (χ1v) is 10.2. The quantitative estimate of drug-likeness (QED) is 0.276. The van der Waals surface area contributed by atoms with Gasteiger partial charge in [-0.15, -0.1) is 0 Å². The molecule has 0 bridgehead atoms. The molecule has 1 aromatic heterocycles. The van der Waals surface area contributed by atoms with Crippen LogP contribution in [0, 0.1) is 5.82 Å². The van der Waals surface area contributed by atoms with Gasteiger partial charge in [0.1, 0.15) is 11.5 Å². The summed E-state index contributed by atoms with van der Waals surface area (Å²) in [6, 6.07) is 17.1. The Bertz CT molecular complexity index is 1430. The lowest BCUT2D eigenvalue weighted by Gasteiger charge is -2.02. The number of carbonyl (C=O) groups excluding carboxylic acids is 1. The first-order valence-electron chi connectivity index (χ1n) is 10.2. The summed E-state index contributed by atoms with van der Waals surface area (Å²) in [6.45, 7) is 0. The molecule has 1 amide bonds. The van der Waals surface area contributed by atoms with E-state index in [1.807, 2.05) is 0 Å². The number of hydrogen-bond acceptors (Lipinski definition) is 5. The van der Waals surface area contributed by atoms with Crippen LogP contribution < -0.4 is 5.43 Å². The molecule has 0 aliphatic carbocycles. The third-order valence-electron chi connectivity index (χ3n) is 5.00. The standard InChI is InChI=1S/C25H17FN4O5/c26-20-9-5-16(6-10-20)23(31)28-27-13-19-14-30(21-11-7-18(8-12-21)25(34)35)29-22(19)15-1-3-17(4-2-15)24(32)33/h1-14H,(H,28,31)(H,32,33)(H,34,35)/b27-13+. The number of aromatic carboxylic acids is 2. The van der Waals surface area contributed by atoms with Crippen LogP contribution >= 0.6 is 0 Å². The highest BCUT2D eigenvalue weighted by atomic mass is 19.1. The third-order valence-corrected chi connectivity index (χ3v) is 5.00. The molecule has 0 aliphatic rings. The highest BCUT2D eigenvalue weighted by molar-refractivity contribution is 5.96. The molecule has 0 aliphatic heterocycles. The second-order valence-electron chi connectivity index (χ2n) is 7.32. The Balaban J connectivity index is 1.66. The second kappa shape index (κ2) is 9.79. The van der Waals surface area contributed by atoms with Gasteiger partial charge in [-0.3, -0.25) is 4.79 Å². The van der Waals surface area contributed by atoms with Gasteiger partial charge >= 0.3 is 11.9 Å². The van der Waals surface area contributed by atoms with Gasteiger partial charge < -0.3 is 10.2 Å². The van der Waals surface area contributed by atoms with Crippen molar-refractivity contribution in [2.45, 2.75) is 0 Å². The minimum absolute atomic E-state index is 0.110. The fourth-order valence-corrected chi connectivity index (χ4v) is 3.19. The zero-order valence-electron chi connectivity index (χ0n) is 17.9. The molecular formula is C25H17FN4O5. The van der Waals surface area contributed by atoms with Crippen LogP contribution in [0.1, 0.15) is 36.6 Å². The van der Waals surface area contributed by atoms with Crippen molar-refractivity contribution in [1.82, 2.24) is 15.2 Å². The SMILES string of the molecule is O=C(O)c1ccc(-c2nn(-c3ccc(C(=O)O)cc3)cc2/C=N/NC(=O)c2ccc(F)cc2)cc1. The lowest BCUT2D eigenvalue weighted by molar-refractivity contribution is 0.0686. The molecule has 10 heteroatoms. The number of rotatable bonds is 7. The van der Waals surface area contributed by atoms with Gasteiger partial charge in [0.25, 0.3) is 5.91 Å². The lowest BCUT2D eigenvalue weighted by Crippen LogP contribution is -2.17. The average Bonchev–Trinajstić information content (AvgIpc) is 3.28.